The highest BCUT2D eigenvalue weighted by Crippen LogP contribution is 2.09. The summed E-state index contributed by atoms with van der Waals surface area (Å²) in [6.07, 6.45) is 0.464. The van der Waals surface area contributed by atoms with Crippen LogP contribution in [0.25, 0.3) is 0 Å². The average molecular weight is 437 g/mol. The SMILES string of the molecule is CN=C(NCCc1ccc(F)cc1F)NCc1cccs1.I. The molecule has 0 amide bonds. The number of halogens is 3. The fraction of sp³-hybridized carbons (Fsp3) is 0.267. The summed E-state index contributed by atoms with van der Waals surface area (Å²) >= 11 is 1.67. The zero-order valence-electron chi connectivity index (χ0n) is 12.1. The van der Waals surface area contributed by atoms with Crippen molar-refractivity contribution in [1.82, 2.24) is 10.6 Å². The normalized spacial score (nSPS) is 11.0. The first kappa shape index (κ1) is 18.8. The van der Waals surface area contributed by atoms with Gasteiger partial charge in [0, 0.05) is 24.5 Å². The first-order valence-corrected chi connectivity index (χ1v) is 7.48. The Balaban J connectivity index is 0.00000242. The van der Waals surface area contributed by atoms with Crippen LogP contribution in [0.2, 0.25) is 0 Å². The number of hydrogen-bond donors (Lipinski definition) is 2. The predicted octanol–water partition coefficient (Wildman–Crippen LogP) is 3.55. The van der Waals surface area contributed by atoms with Gasteiger partial charge in [0.05, 0.1) is 6.54 Å². The van der Waals surface area contributed by atoms with Crippen LogP contribution in [0.5, 0.6) is 0 Å². The van der Waals surface area contributed by atoms with E-state index >= 15 is 0 Å². The number of nitrogens with zero attached hydrogens (tertiary/aromatic N) is 1. The van der Waals surface area contributed by atoms with Crippen LogP contribution in [0.4, 0.5) is 8.78 Å². The second-order valence-electron chi connectivity index (χ2n) is 4.42. The summed E-state index contributed by atoms with van der Waals surface area (Å²) < 4.78 is 26.3. The van der Waals surface area contributed by atoms with E-state index in [9.17, 15) is 8.78 Å². The van der Waals surface area contributed by atoms with Crippen LogP contribution < -0.4 is 10.6 Å². The summed E-state index contributed by atoms with van der Waals surface area (Å²) in [5.41, 5.74) is 0.484. The number of aliphatic imine (C=N–C) groups is 1. The molecule has 1 heterocycles. The lowest BCUT2D eigenvalue weighted by atomic mass is 10.1. The number of nitrogens with one attached hydrogen (secondary N) is 2. The summed E-state index contributed by atoms with van der Waals surface area (Å²) in [4.78, 5) is 5.31. The monoisotopic (exact) mass is 437 g/mol. The quantitative estimate of drug-likeness (QED) is 0.427. The second-order valence-corrected chi connectivity index (χ2v) is 5.45. The van der Waals surface area contributed by atoms with Crippen molar-refractivity contribution in [1.29, 1.82) is 0 Å². The zero-order chi connectivity index (χ0) is 15.1. The Labute approximate surface area is 149 Å². The zero-order valence-corrected chi connectivity index (χ0v) is 15.3. The molecule has 0 saturated carbocycles. The maximum absolute atomic E-state index is 13.5. The number of benzene rings is 1. The number of thiophene rings is 1. The molecule has 0 aliphatic carbocycles. The highest BCUT2D eigenvalue weighted by molar-refractivity contribution is 14.0. The summed E-state index contributed by atoms with van der Waals surface area (Å²) in [7, 11) is 1.68. The standard InChI is InChI=1S/C15H17F2N3S.HI/c1-18-15(20-10-13-3-2-8-21-13)19-7-6-11-4-5-12(16)9-14(11)17;/h2-5,8-9H,6-7,10H2,1H3,(H2,18,19,20);1H. The van der Waals surface area contributed by atoms with Gasteiger partial charge in [0.1, 0.15) is 11.6 Å². The first-order chi connectivity index (χ1) is 10.2. The molecule has 0 unspecified atom stereocenters. The van der Waals surface area contributed by atoms with Crippen molar-refractivity contribution in [3.05, 3.63) is 57.8 Å². The van der Waals surface area contributed by atoms with Crippen molar-refractivity contribution >= 4 is 41.3 Å². The Bertz CT molecular complexity index is 603. The van der Waals surface area contributed by atoms with Gasteiger partial charge in [0.25, 0.3) is 0 Å². The van der Waals surface area contributed by atoms with Crippen LogP contribution in [0.1, 0.15) is 10.4 Å². The van der Waals surface area contributed by atoms with E-state index in [1.54, 1.807) is 18.4 Å². The Morgan fingerprint density at radius 2 is 2.05 bits per heavy atom. The van der Waals surface area contributed by atoms with E-state index in [1.807, 2.05) is 17.5 Å². The van der Waals surface area contributed by atoms with Gasteiger partial charge in [-0.15, -0.1) is 35.3 Å². The van der Waals surface area contributed by atoms with Crippen LogP contribution in [0, 0.1) is 11.6 Å². The van der Waals surface area contributed by atoms with Crippen LogP contribution >= 0.6 is 35.3 Å². The van der Waals surface area contributed by atoms with Crippen molar-refractivity contribution in [2.24, 2.45) is 4.99 Å². The summed E-state index contributed by atoms with van der Waals surface area (Å²) in [6, 6.07) is 7.67. The van der Waals surface area contributed by atoms with Crippen molar-refractivity contribution in [3.8, 4) is 0 Å². The molecule has 0 fully saturated rings. The third-order valence-corrected chi connectivity index (χ3v) is 3.81. The molecule has 2 N–H and O–H groups in total. The van der Waals surface area contributed by atoms with Gasteiger partial charge < -0.3 is 10.6 Å². The Kier molecular flexibility index (Phi) is 8.32. The van der Waals surface area contributed by atoms with E-state index in [0.717, 1.165) is 6.07 Å². The lowest BCUT2D eigenvalue weighted by Gasteiger charge is -2.11. The van der Waals surface area contributed by atoms with Gasteiger partial charge in [-0.3, -0.25) is 4.99 Å². The van der Waals surface area contributed by atoms with Crippen LogP contribution in [-0.2, 0) is 13.0 Å². The fourth-order valence-electron chi connectivity index (χ4n) is 1.84. The van der Waals surface area contributed by atoms with E-state index in [4.69, 9.17) is 0 Å². The van der Waals surface area contributed by atoms with Gasteiger partial charge in [-0.2, -0.15) is 0 Å². The summed E-state index contributed by atoms with van der Waals surface area (Å²) in [5, 5.41) is 8.30. The minimum absolute atomic E-state index is 0. The Morgan fingerprint density at radius 1 is 1.23 bits per heavy atom. The average Bonchev–Trinajstić information content (AvgIpc) is 2.98. The summed E-state index contributed by atoms with van der Waals surface area (Å²) in [5.74, 6) is -0.415. The largest absolute Gasteiger partial charge is 0.356 e. The molecule has 2 rings (SSSR count). The highest BCUT2D eigenvalue weighted by atomic mass is 127. The van der Waals surface area contributed by atoms with Crippen LogP contribution in [0.15, 0.2) is 40.7 Å². The summed E-state index contributed by atoms with van der Waals surface area (Å²) in [6.45, 7) is 1.22. The molecule has 0 radical (unpaired) electrons. The minimum atomic E-state index is -0.558. The molecule has 3 nitrogen and oxygen atoms in total. The molecule has 0 aliphatic rings. The molecule has 7 heteroatoms. The number of rotatable bonds is 5. The Morgan fingerprint density at radius 3 is 2.68 bits per heavy atom. The molecule has 120 valence electrons. The minimum Gasteiger partial charge on any atom is -0.356 e. The smallest absolute Gasteiger partial charge is 0.191 e. The topological polar surface area (TPSA) is 36.4 Å². The van der Waals surface area contributed by atoms with Crippen molar-refractivity contribution in [3.63, 3.8) is 0 Å². The van der Waals surface area contributed by atoms with Gasteiger partial charge >= 0.3 is 0 Å². The molecule has 0 spiro atoms. The van der Waals surface area contributed by atoms with Gasteiger partial charge in [0.2, 0.25) is 0 Å². The molecule has 22 heavy (non-hydrogen) atoms. The maximum Gasteiger partial charge on any atom is 0.191 e. The first-order valence-electron chi connectivity index (χ1n) is 6.60. The second kappa shape index (κ2) is 9.73. The lowest BCUT2D eigenvalue weighted by Crippen LogP contribution is -2.37. The molecular weight excluding hydrogens is 419 g/mol. The third kappa shape index (κ3) is 5.88. The van der Waals surface area contributed by atoms with E-state index < -0.39 is 11.6 Å². The van der Waals surface area contributed by atoms with Crippen molar-refractivity contribution in [2.45, 2.75) is 13.0 Å². The predicted molar refractivity (Wildman–Crippen MR) is 98.0 cm³/mol. The number of guanidine groups is 1. The maximum atomic E-state index is 13.5. The molecule has 1 aromatic heterocycles. The molecule has 0 saturated heterocycles. The van der Waals surface area contributed by atoms with E-state index in [1.165, 1.54) is 17.0 Å². The molecule has 0 atom stereocenters. The Hall–Kier alpha value is -1.22. The molecule has 0 bridgehead atoms. The van der Waals surface area contributed by atoms with Gasteiger partial charge in [0.15, 0.2) is 5.96 Å². The van der Waals surface area contributed by atoms with Gasteiger partial charge in [-0.05, 0) is 29.5 Å². The molecule has 2 aromatic rings. The van der Waals surface area contributed by atoms with E-state index in [2.05, 4.69) is 15.6 Å². The molecular formula is C15H18F2IN3S. The molecule has 1 aromatic carbocycles. The number of hydrogen-bond acceptors (Lipinski definition) is 2. The van der Waals surface area contributed by atoms with E-state index in [0.29, 0.717) is 31.0 Å². The lowest BCUT2D eigenvalue weighted by molar-refractivity contribution is 0.570. The highest BCUT2D eigenvalue weighted by Gasteiger charge is 2.04. The van der Waals surface area contributed by atoms with E-state index in [-0.39, 0.29) is 24.0 Å². The fourth-order valence-corrected chi connectivity index (χ4v) is 2.49. The van der Waals surface area contributed by atoms with Crippen LogP contribution in [0.3, 0.4) is 0 Å². The van der Waals surface area contributed by atoms with Crippen molar-refractivity contribution in [2.75, 3.05) is 13.6 Å². The molecule has 0 aliphatic heterocycles. The van der Waals surface area contributed by atoms with Gasteiger partial charge in [-0.25, -0.2) is 8.78 Å². The van der Waals surface area contributed by atoms with Gasteiger partial charge in [-0.1, -0.05) is 12.1 Å². The third-order valence-electron chi connectivity index (χ3n) is 2.94. The van der Waals surface area contributed by atoms with Crippen molar-refractivity contribution < 1.29 is 8.78 Å². The van der Waals surface area contributed by atoms with Crippen LogP contribution in [-0.4, -0.2) is 19.6 Å².